The molecule has 116 valence electrons. The molecule has 0 aromatic heterocycles. The first-order valence-corrected chi connectivity index (χ1v) is 8.66. The molecule has 3 aliphatic rings. The lowest BCUT2D eigenvalue weighted by Gasteiger charge is -2.60. The Morgan fingerprint density at radius 2 is 2.00 bits per heavy atom. The highest BCUT2D eigenvalue weighted by atomic mass is 16.5. The molecule has 1 N–H and O–H groups in total. The van der Waals surface area contributed by atoms with Crippen LogP contribution in [0.1, 0.15) is 46.5 Å². The molecule has 1 aliphatic carbocycles. The van der Waals surface area contributed by atoms with Gasteiger partial charge in [0, 0.05) is 30.5 Å². The molecule has 4 atom stereocenters. The van der Waals surface area contributed by atoms with E-state index in [1.165, 1.54) is 45.3 Å². The molecule has 3 rings (SSSR count). The van der Waals surface area contributed by atoms with Crippen LogP contribution in [0.25, 0.3) is 0 Å². The Kier molecular flexibility index (Phi) is 4.40. The largest absolute Gasteiger partial charge is 0.377 e. The van der Waals surface area contributed by atoms with Gasteiger partial charge in [-0.15, -0.1) is 0 Å². The lowest BCUT2D eigenvalue weighted by Crippen LogP contribution is -2.69. The van der Waals surface area contributed by atoms with Crippen LogP contribution in [0.2, 0.25) is 0 Å². The summed E-state index contributed by atoms with van der Waals surface area (Å²) in [5.41, 5.74) is 0.318. The third-order valence-electron chi connectivity index (χ3n) is 5.79. The standard InChI is InChI=1S/C17H32N2O/c1-13(12-19-8-4-5-9-19)11-18-15-14-7-6-10-20-16(14)17(15,2)3/h13-16,18H,4-12H2,1-3H3. The van der Waals surface area contributed by atoms with E-state index in [0.29, 0.717) is 17.6 Å². The molecule has 2 saturated heterocycles. The topological polar surface area (TPSA) is 24.5 Å². The minimum absolute atomic E-state index is 0.318. The SMILES string of the molecule is CC(CNC1C2CCCOC2C1(C)C)CN1CCCC1. The van der Waals surface area contributed by atoms with Crippen molar-refractivity contribution in [3.63, 3.8) is 0 Å². The highest BCUT2D eigenvalue weighted by Gasteiger charge is 2.57. The molecule has 0 aromatic carbocycles. The molecular weight excluding hydrogens is 248 g/mol. The molecule has 1 saturated carbocycles. The van der Waals surface area contributed by atoms with E-state index in [-0.39, 0.29) is 0 Å². The molecule has 0 radical (unpaired) electrons. The van der Waals surface area contributed by atoms with Gasteiger partial charge in [0.15, 0.2) is 0 Å². The van der Waals surface area contributed by atoms with E-state index >= 15 is 0 Å². The summed E-state index contributed by atoms with van der Waals surface area (Å²) in [6.07, 6.45) is 5.90. The normalized spacial score (nSPS) is 38.2. The summed E-state index contributed by atoms with van der Waals surface area (Å²) < 4.78 is 5.99. The molecule has 3 heteroatoms. The predicted molar refractivity (Wildman–Crippen MR) is 82.9 cm³/mol. The first-order valence-electron chi connectivity index (χ1n) is 8.66. The average molecular weight is 280 g/mol. The van der Waals surface area contributed by atoms with Crippen molar-refractivity contribution in [3.05, 3.63) is 0 Å². The maximum atomic E-state index is 5.99. The molecule has 4 unspecified atom stereocenters. The van der Waals surface area contributed by atoms with Crippen molar-refractivity contribution in [2.75, 3.05) is 32.8 Å². The second-order valence-corrected chi connectivity index (χ2v) is 7.92. The molecule has 3 nitrogen and oxygen atoms in total. The Balaban J connectivity index is 1.45. The fourth-order valence-electron chi connectivity index (χ4n) is 4.74. The van der Waals surface area contributed by atoms with Gasteiger partial charge in [-0.1, -0.05) is 20.8 Å². The van der Waals surface area contributed by atoms with Gasteiger partial charge in [0.2, 0.25) is 0 Å². The van der Waals surface area contributed by atoms with Crippen LogP contribution in [-0.4, -0.2) is 49.8 Å². The number of nitrogens with one attached hydrogen (secondary N) is 1. The lowest BCUT2D eigenvalue weighted by atomic mass is 9.55. The number of nitrogens with zero attached hydrogens (tertiary/aromatic N) is 1. The van der Waals surface area contributed by atoms with E-state index in [0.717, 1.165) is 25.0 Å². The van der Waals surface area contributed by atoms with E-state index in [9.17, 15) is 0 Å². The number of hydrogen-bond acceptors (Lipinski definition) is 3. The maximum absolute atomic E-state index is 5.99. The molecule has 20 heavy (non-hydrogen) atoms. The maximum Gasteiger partial charge on any atom is 0.0684 e. The summed E-state index contributed by atoms with van der Waals surface area (Å²) in [7, 11) is 0. The van der Waals surface area contributed by atoms with Crippen molar-refractivity contribution in [1.82, 2.24) is 10.2 Å². The Hall–Kier alpha value is -0.120. The zero-order chi connectivity index (χ0) is 14.2. The summed E-state index contributed by atoms with van der Waals surface area (Å²) in [5.74, 6) is 1.52. The fraction of sp³-hybridized carbons (Fsp3) is 1.00. The Labute approximate surface area is 124 Å². The molecule has 0 amide bonds. The van der Waals surface area contributed by atoms with Crippen molar-refractivity contribution in [2.24, 2.45) is 17.3 Å². The summed E-state index contributed by atoms with van der Waals surface area (Å²) in [6, 6.07) is 0.661. The Morgan fingerprint density at radius 1 is 1.25 bits per heavy atom. The molecule has 0 aromatic rings. The zero-order valence-corrected chi connectivity index (χ0v) is 13.5. The number of rotatable bonds is 5. The zero-order valence-electron chi connectivity index (χ0n) is 13.5. The van der Waals surface area contributed by atoms with E-state index in [1.54, 1.807) is 0 Å². The van der Waals surface area contributed by atoms with Gasteiger partial charge in [-0.2, -0.15) is 0 Å². The van der Waals surface area contributed by atoms with Crippen LogP contribution >= 0.6 is 0 Å². The summed E-state index contributed by atoms with van der Waals surface area (Å²) in [4.78, 5) is 2.63. The molecular formula is C17H32N2O. The van der Waals surface area contributed by atoms with Gasteiger partial charge in [0.25, 0.3) is 0 Å². The van der Waals surface area contributed by atoms with Gasteiger partial charge in [-0.05, 0) is 51.2 Å². The van der Waals surface area contributed by atoms with Crippen LogP contribution in [0.15, 0.2) is 0 Å². The van der Waals surface area contributed by atoms with Crippen LogP contribution < -0.4 is 5.32 Å². The molecule has 3 fully saturated rings. The minimum Gasteiger partial charge on any atom is -0.377 e. The van der Waals surface area contributed by atoms with Crippen molar-refractivity contribution in [2.45, 2.75) is 58.6 Å². The summed E-state index contributed by atoms with van der Waals surface area (Å²) in [5, 5.41) is 3.88. The van der Waals surface area contributed by atoms with E-state index in [4.69, 9.17) is 4.74 Å². The Bertz CT molecular complexity index is 325. The third-order valence-corrected chi connectivity index (χ3v) is 5.79. The van der Waals surface area contributed by atoms with Gasteiger partial charge in [0.1, 0.15) is 0 Å². The van der Waals surface area contributed by atoms with Crippen LogP contribution in [0.4, 0.5) is 0 Å². The van der Waals surface area contributed by atoms with Crippen molar-refractivity contribution >= 4 is 0 Å². The summed E-state index contributed by atoms with van der Waals surface area (Å²) in [6.45, 7) is 13.2. The van der Waals surface area contributed by atoms with Crippen molar-refractivity contribution in [3.8, 4) is 0 Å². The quantitative estimate of drug-likeness (QED) is 0.837. The summed E-state index contributed by atoms with van der Waals surface area (Å²) >= 11 is 0. The van der Waals surface area contributed by atoms with Crippen molar-refractivity contribution in [1.29, 1.82) is 0 Å². The molecule has 0 spiro atoms. The monoisotopic (exact) mass is 280 g/mol. The first kappa shape index (κ1) is 14.8. The van der Waals surface area contributed by atoms with Crippen LogP contribution in [-0.2, 0) is 4.74 Å². The van der Waals surface area contributed by atoms with Gasteiger partial charge >= 0.3 is 0 Å². The highest BCUT2D eigenvalue weighted by molar-refractivity contribution is 5.10. The average Bonchev–Trinajstić information content (AvgIpc) is 2.91. The lowest BCUT2D eigenvalue weighted by molar-refractivity contribution is -0.192. The van der Waals surface area contributed by atoms with E-state index in [1.807, 2.05) is 0 Å². The van der Waals surface area contributed by atoms with Gasteiger partial charge in [0.05, 0.1) is 6.10 Å². The van der Waals surface area contributed by atoms with Gasteiger partial charge < -0.3 is 15.0 Å². The highest BCUT2D eigenvalue weighted by Crippen LogP contribution is 2.51. The number of fused-ring (bicyclic) bond motifs is 1. The molecule has 2 heterocycles. The van der Waals surface area contributed by atoms with E-state index in [2.05, 4.69) is 31.0 Å². The van der Waals surface area contributed by atoms with Gasteiger partial charge in [-0.25, -0.2) is 0 Å². The smallest absolute Gasteiger partial charge is 0.0684 e. The van der Waals surface area contributed by atoms with Crippen molar-refractivity contribution < 1.29 is 4.74 Å². The Morgan fingerprint density at radius 3 is 2.75 bits per heavy atom. The van der Waals surface area contributed by atoms with Gasteiger partial charge in [-0.3, -0.25) is 0 Å². The number of ether oxygens (including phenoxy) is 1. The van der Waals surface area contributed by atoms with Crippen LogP contribution in [0, 0.1) is 17.3 Å². The number of likely N-dealkylation sites (tertiary alicyclic amines) is 1. The third kappa shape index (κ3) is 2.77. The van der Waals surface area contributed by atoms with E-state index < -0.39 is 0 Å². The van der Waals surface area contributed by atoms with Crippen LogP contribution in [0.3, 0.4) is 0 Å². The molecule has 2 aliphatic heterocycles. The second-order valence-electron chi connectivity index (χ2n) is 7.92. The first-order chi connectivity index (χ1) is 9.59. The predicted octanol–water partition coefficient (Wildman–Crippen LogP) is 2.51. The van der Waals surface area contributed by atoms with Crippen LogP contribution in [0.5, 0.6) is 0 Å². The fourth-order valence-corrected chi connectivity index (χ4v) is 4.74. The number of hydrogen-bond donors (Lipinski definition) is 1. The minimum atomic E-state index is 0.318. The molecule has 0 bridgehead atoms. The second kappa shape index (κ2) is 5.94.